The number of likely N-dealkylation sites (tertiary alicyclic amines) is 2. The molecule has 0 aromatic rings. The smallest absolute Gasteiger partial charge is 0.410 e. The average molecular weight is 361 g/mol. The van der Waals surface area contributed by atoms with Crippen LogP contribution >= 0.6 is 0 Å². The van der Waals surface area contributed by atoms with Crippen molar-refractivity contribution in [2.75, 3.05) is 31.9 Å². The highest BCUT2D eigenvalue weighted by molar-refractivity contribution is 7.89. The predicted molar refractivity (Wildman–Crippen MR) is 88.6 cm³/mol. The highest BCUT2D eigenvalue weighted by atomic mass is 32.2. The predicted octanol–water partition coefficient (Wildman–Crippen LogP) is 0.380. The number of sulfonamides is 1. The van der Waals surface area contributed by atoms with Crippen LogP contribution in [0.2, 0.25) is 0 Å². The Labute approximate surface area is 143 Å². The Morgan fingerprint density at radius 3 is 2.54 bits per heavy atom. The molecule has 2 saturated heterocycles. The van der Waals surface area contributed by atoms with E-state index in [9.17, 15) is 18.0 Å². The van der Waals surface area contributed by atoms with Crippen LogP contribution in [-0.2, 0) is 19.6 Å². The van der Waals surface area contributed by atoms with Crippen LogP contribution in [0, 0.1) is 11.8 Å². The van der Waals surface area contributed by atoms with Gasteiger partial charge in [-0.3, -0.25) is 4.79 Å². The summed E-state index contributed by atoms with van der Waals surface area (Å²) in [6, 6.07) is 0. The number of nitrogens with zero attached hydrogens (tertiary/aromatic N) is 2. The highest BCUT2D eigenvalue weighted by Crippen LogP contribution is 2.24. The van der Waals surface area contributed by atoms with Gasteiger partial charge in [-0.1, -0.05) is 0 Å². The van der Waals surface area contributed by atoms with Crippen molar-refractivity contribution in [3.05, 3.63) is 0 Å². The molecule has 1 unspecified atom stereocenters. The quantitative estimate of drug-likeness (QED) is 0.778. The Hall–Kier alpha value is -1.35. The van der Waals surface area contributed by atoms with Crippen LogP contribution in [-0.4, -0.2) is 67.8 Å². The first-order chi connectivity index (χ1) is 10.9. The molecule has 2 aliphatic rings. The molecule has 0 saturated carbocycles. The van der Waals surface area contributed by atoms with Gasteiger partial charge in [0.15, 0.2) is 0 Å². The van der Waals surface area contributed by atoms with Crippen molar-refractivity contribution < 1.29 is 22.7 Å². The van der Waals surface area contributed by atoms with Crippen molar-refractivity contribution in [3.63, 3.8) is 0 Å². The van der Waals surface area contributed by atoms with Gasteiger partial charge in [-0.2, -0.15) is 0 Å². The minimum atomic E-state index is -3.57. The molecule has 8 nitrogen and oxygen atoms in total. The summed E-state index contributed by atoms with van der Waals surface area (Å²) in [5.41, 5.74) is -0.527. The standard InChI is InChI=1S/C15H27N3O5S/c1-15(2,3)23-14(20)17-5-4-11(7-17)8-18-9-12(6-13(18)19)10-24(16,21)22/h11-12H,4-10H2,1-3H3,(H2,16,21,22)/t11-,12?/m0/s1. The first-order valence-electron chi connectivity index (χ1n) is 8.19. The average Bonchev–Trinajstić information content (AvgIpc) is 2.94. The molecule has 0 aliphatic carbocycles. The number of nitrogens with two attached hydrogens (primary N) is 1. The van der Waals surface area contributed by atoms with Gasteiger partial charge in [0.2, 0.25) is 15.9 Å². The molecule has 2 amide bonds. The summed E-state index contributed by atoms with van der Waals surface area (Å²) in [7, 11) is -3.57. The van der Waals surface area contributed by atoms with E-state index >= 15 is 0 Å². The Morgan fingerprint density at radius 1 is 1.29 bits per heavy atom. The van der Waals surface area contributed by atoms with Gasteiger partial charge < -0.3 is 14.5 Å². The molecule has 138 valence electrons. The molecule has 0 aromatic heterocycles. The number of rotatable bonds is 4. The minimum Gasteiger partial charge on any atom is -0.444 e. The van der Waals surface area contributed by atoms with Crippen LogP contribution in [0.1, 0.15) is 33.6 Å². The van der Waals surface area contributed by atoms with Crippen LogP contribution in [0.25, 0.3) is 0 Å². The Morgan fingerprint density at radius 2 is 1.96 bits per heavy atom. The van der Waals surface area contributed by atoms with E-state index in [-0.39, 0.29) is 36.0 Å². The van der Waals surface area contributed by atoms with E-state index in [1.54, 1.807) is 9.80 Å². The maximum Gasteiger partial charge on any atom is 0.410 e. The van der Waals surface area contributed by atoms with Gasteiger partial charge in [0, 0.05) is 38.5 Å². The lowest BCUT2D eigenvalue weighted by Crippen LogP contribution is -2.37. The zero-order valence-electron chi connectivity index (χ0n) is 14.5. The summed E-state index contributed by atoms with van der Waals surface area (Å²) in [5, 5.41) is 5.06. The molecule has 0 bridgehead atoms. The van der Waals surface area contributed by atoms with E-state index in [1.807, 2.05) is 20.8 Å². The number of carbonyl (C=O) groups is 2. The van der Waals surface area contributed by atoms with E-state index in [4.69, 9.17) is 9.88 Å². The topological polar surface area (TPSA) is 110 Å². The maximum absolute atomic E-state index is 12.1. The first kappa shape index (κ1) is 19.0. The third-order valence-corrected chi connectivity index (χ3v) is 5.11. The molecular weight excluding hydrogens is 334 g/mol. The summed E-state index contributed by atoms with van der Waals surface area (Å²) >= 11 is 0. The van der Waals surface area contributed by atoms with E-state index in [0.717, 1.165) is 6.42 Å². The van der Waals surface area contributed by atoms with Crippen LogP contribution in [0.4, 0.5) is 4.79 Å². The zero-order valence-corrected chi connectivity index (χ0v) is 15.3. The second-order valence-corrected chi connectivity index (χ2v) is 9.44. The van der Waals surface area contributed by atoms with Crippen LogP contribution in [0.15, 0.2) is 0 Å². The van der Waals surface area contributed by atoms with Crippen molar-refractivity contribution in [2.45, 2.75) is 39.2 Å². The Kier molecular flexibility index (Phi) is 5.44. The molecular formula is C15H27N3O5S. The molecule has 0 spiro atoms. The zero-order chi connectivity index (χ0) is 18.1. The summed E-state index contributed by atoms with van der Waals surface area (Å²) in [5.74, 6) is -0.255. The summed E-state index contributed by atoms with van der Waals surface area (Å²) in [4.78, 5) is 27.5. The fourth-order valence-corrected chi connectivity index (χ4v) is 4.14. The van der Waals surface area contributed by atoms with E-state index < -0.39 is 15.6 Å². The molecule has 2 fully saturated rings. The molecule has 9 heteroatoms. The molecule has 2 N–H and O–H groups in total. The van der Waals surface area contributed by atoms with Crippen LogP contribution in [0.3, 0.4) is 0 Å². The number of hydrogen-bond acceptors (Lipinski definition) is 5. The van der Waals surface area contributed by atoms with Gasteiger partial charge in [0.25, 0.3) is 0 Å². The molecule has 24 heavy (non-hydrogen) atoms. The summed E-state index contributed by atoms with van der Waals surface area (Å²) < 4.78 is 27.7. The van der Waals surface area contributed by atoms with Crippen molar-refractivity contribution in [1.29, 1.82) is 0 Å². The van der Waals surface area contributed by atoms with Crippen molar-refractivity contribution in [2.24, 2.45) is 17.0 Å². The lowest BCUT2D eigenvalue weighted by Gasteiger charge is -2.25. The number of amides is 2. The lowest BCUT2D eigenvalue weighted by molar-refractivity contribution is -0.128. The number of hydrogen-bond donors (Lipinski definition) is 1. The third-order valence-electron chi connectivity index (χ3n) is 4.18. The minimum absolute atomic E-state index is 0.0423. The monoisotopic (exact) mass is 361 g/mol. The molecule has 0 radical (unpaired) electrons. The van der Waals surface area contributed by atoms with Gasteiger partial charge in [0.1, 0.15) is 5.60 Å². The van der Waals surface area contributed by atoms with Crippen molar-refractivity contribution in [3.8, 4) is 0 Å². The molecule has 2 heterocycles. The number of carbonyl (C=O) groups excluding carboxylic acids is 2. The van der Waals surface area contributed by atoms with E-state index in [1.165, 1.54) is 0 Å². The normalized spacial score (nSPS) is 25.4. The van der Waals surface area contributed by atoms with E-state index in [0.29, 0.717) is 26.2 Å². The van der Waals surface area contributed by atoms with E-state index in [2.05, 4.69) is 0 Å². The first-order valence-corrected chi connectivity index (χ1v) is 9.90. The van der Waals surface area contributed by atoms with Gasteiger partial charge in [-0.15, -0.1) is 0 Å². The third kappa shape index (κ3) is 5.62. The van der Waals surface area contributed by atoms with Crippen molar-refractivity contribution in [1.82, 2.24) is 9.80 Å². The summed E-state index contributed by atoms with van der Waals surface area (Å²) in [6.45, 7) is 7.60. The number of ether oxygens (including phenoxy) is 1. The largest absolute Gasteiger partial charge is 0.444 e. The highest BCUT2D eigenvalue weighted by Gasteiger charge is 2.36. The van der Waals surface area contributed by atoms with Gasteiger partial charge in [-0.05, 0) is 33.1 Å². The SMILES string of the molecule is CC(C)(C)OC(=O)N1CC[C@H](CN2CC(CS(N)(=O)=O)CC2=O)C1. The van der Waals surface area contributed by atoms with Crippen LogP contribution in [0.5, 0.6) is 0 Å². The van der Waals surface area contributed by atoms with Crippen LogP contribution < -0.4 is 5.14 Å². The number of primary sulfonamides is 1. The molecule has 2 atom stereocenters. The fourth-order valence-electron chi connectivity index (χ4n) is 3.26. The van der Waals surface area contributed by atoms with Gasteiger partial charge >= 0.3 is 6.09 Å². The second kappa shape index (κ2) is 6.87. The second-order valence-electron chi connectivity index (χ2n) is 7.78. The molecule has 2 rings (SSSR count). The Balaban J connectivity index is 1.83. The van der Waals surface area contributed by atoms with Gasteiger partial charge in [-0.25, -0.2) is 18.4 Å². The Bertz CT molecular complexity index is 599. The lowest BCUT2D eigenvalue weighted by atomic mass is 10.1. The van der Waals surface area contributed by atoms with Gasteiger partial charge in [0.05, 0.1) is 5.75 Å². The molecule has 0 aromatic carbocycles. The van der Waals surface area contributed by atoms with Crippen molar-refractivity contribution >= 4 is 22.0 Å². The maximum atomic E-state index is 12.1. The fraction of sp³-hybridized carbons (Fsp3) is 0.867. The summed E-state index contributed by atoms with van der Waals surface area (Å²) in [6.07, 6.45) is 0.701. The molecule has 2 aliphatic heterocycles.